The molecule has 0 heterocycles. The number of fused-ring (bicyclic) bond motifs is 3. The maximum atomic E-state index is 14.0. The number of nitrogens with zero attached hydrogens (tertiary/aromatic N) is 2. The van der Waals surface area contributed by atoms with Gasteiger partial charge in [-0.2, -0.15) is 0 Å². The summed E-state index contributed by atoms with van der Waals surface area (Å²) >= 11 is 0. The molecule has 2 amide bonds. The molecule has 0 saturated carbocycles. The molecule has 3 aliphatic rings. The van der Waals surface area contributed by atoms with Crippen LogP contribution in [0.5, 0.6) is 5.75 Å². The van der Waals surface area contributed by atoms with E-state index in [1.165, 1.54) is 31.1 Å². The number of phenols is 1. The number of amides is 2. The van der Waals surface area contributed by atoms with Crippen LogP contribution in [0.15, 0.2) is 65.1 Å². The van der Waals surface area contributed by atoms with E-state index in [9.17, 15) is 44.7 Å². The fraction of sp³-hybridized carbons (Fsp3) is 0.375. The third-order valence-electron chi connectivity index (χ3n) is 9.11. The largest absolute Gasteiger partial charge is 0.510 e. The van der Waals surface area contributed by atoms with Gasteiger partial charge in [-0.15, -0.1) is 0 Å². The Morgan fingerprint density at radius 3 is 2.27 bits per heavy atom. The molecule has 6 atom stereocenters. The molecule has 0 fully saturated rings. The van der Waals surface area contributed by atoms with Crippen molar-refractivity contribution in [3.63, 3.8) is 0 Å². The highest BCUT2D eigenvalue weighted by Gasteiger charge is 2.67. The Morgan fingerprint density at radius 1 is 1.02 bits per heavy atom. The first-order valence-corrected chi connectivity index (χ1v) is 14.3. The molecule has 5 unspecified atom stereocenters. The quantitative estimate of drug-likeness (QED) is 0.169. The summed E-state index contributed by atoms with van der Waals surface area (Å²) in [6.45, 7) is 2.08. The van der Waals surface area contributed by atoms with E-state index in [1.807, 2.05) is 30.3 Å². The minimum Gasteiger partial charge on any atom is -0.510 e. The van der Waals surface area contributed by atoms with Crippen molar-refractivity contribution in [2.24, 2.45) is 17.6 Å². The first kappa shape index (κ1) is 31.9. The van der Waals surface area contributed by atoms with Gasteiger partial charge in [0.1, 0.15) is 17.1 Å². The fourth-order valence-corrected chi connectivity index (χ4v) is 7.11. The molecular weight excluding hydrogens is 584 g/mol. The molecule has 0 spiro atoms. The van der Waals surface area contributed by atoms with Crippen LogP contribution in [0.3, 0.4) is 0 Å². The normalized spacial score (nSPS) is 27.8. The van der Waals surface area contributed by atoms with Crippen LogP contribution in [-0.2, 0) is 20.9 Å². The first-order valence-electron chi connectivity index (χ1n) is 14.3. The smallest absolute Gasteiger partial charge is 0.255 e. The number of hydrogen-bond acceptors (Lipinski definition) is 11. The van der Waals surface area contributed by atoms with Crippen molar-refractivity contribution in [2.75, 3.05) is 33.0 Å². The van der Waals surface area contributed by atoms with Crippen molar-refractivity contribution in [3.8, 4) is 5.75 Å². The molecule has 5 rings (SSSR count). The lowest BCUT2D eigenvalue weighted by atomic mass is 9.55. The highest BCUT2D eigenvalue weighted by atomic mass is 16.4. The minimum atomic E-state index is -3.01. The van der Waals surface area contributed by atoms with Gasteiger partial charge in [-0.05, 0) is 44.3 Å². The van der Waals surface area contributed by atoms with Gasteiger partial charge >= 0.3 is 0 Å². The van der Waals surface area contributed by atoms with Gasteiger partial charge in [-0.25, -0.2) is 0 Å². The van der Waals surface area contributed by atoms with Crippen molar-refractivity contribution in [3.05, 3.63) is 81.8 Å². The molecule has 0 aliphatic heterocycles. The van der Waals surface area contributed by atoms with Gasteiger partial charge < -0.3 is 36.6 Å². The van der Waals surface area contributed by atoms with Gasteiger partial charge in [0, 0.05) is 18.0 Å². The van der Waals surface area contributed by atoms with E-state index in [4.69, 9.17) is 5.73 Å². The second-order valence-corrected chi connectivity index (χ2v) is 12.2. The summed E-state index contributed by atoms with van der Waals surface area (Å²) in [6, 6.07) is 11.1. The Kier molecular flexibility index (Phi) is 8.08. The zero-order valence-corrected chi connectivity index (χ0v) is 25.2. The molecule has 0 aromatic heterocycles. The molecule has 13 heteroatoms. The summed E-state index contributed by atoms with van der Waals surface area (Å²) in [5.41, 5.74) is 1.78. The molecule has 0 bridgehead atoms. The van der Waals surface area contributed by atoms with Gasteiger partial charge in [0.2, 0.25) is 11.7 Å². The Balaban J connectivity index is 1.53. The summed E-state index contributed by atoms with van der Waals surface area (Å²) in [5, 5.41) is 59.8. The molecule has 0 radical (unpaired) electrons. The van der Waals surface area contributed by atoms with Gasteiger partial charge in [-0.3, -0.25) is 29.0 Å². The predicted molar refractivity (Wildman–Crippen MR) is 161 cm³/mol. The van der Waals surface area contributed by atoms with E-state index in [2.05, 4.69) is 5.32 Å². The number of hydrogen-bond donors (Lipinski definition) is 7. The second kappa shape index (κ2) is 11.4. The van der Waals surface area contributed by atoms with Crippen LogP contribution >= 0.6 is 0 Å². The monoisotopic (exact) mass is 620 g/mol. The van der Waals surface area contributed by atoms with Crippen LogP contribution in [0.4, 0.5) is 5.69 Å². The van der Waals surface area contributed by atoms with E-state index in [1.54, 1.807) is 18.9 Å². The number of primary amides is 1. The molecule has 8 N–H and O–H groups in total. The second-order valence-electron chi connectivity index (χ2n) is 12.2. The molecule has 2 aromatic rings. The van der Waals surface area contributed by atoms with Gasteiger partial charge in [0.15, 0.2) is 17.1 Å². The van der Waals surface area contributed by atoms with Gasteiger partial charge in [0.05, 0.1) is 35.9 Å². The maximum absolute atomic E-state index is 14.0. The molecular formula is C32H36N4O9. The summed E-state index contributed by atoms with van der Waals surface area (Å²) in [4.78, 5) is 55.7. The van der Waals surface area contributed by atoms with E-state index in [0.717, 1.165) is 5.56 Å². The average Bonchev–Trinajstić information content (AvgIpc) is 2.96. The molecule has 3 aliphatic carbocycles. The van der Waals surface area contributed by atoms with Crippen LogP contribution in [0.2, 0.25) is 0 Å². The van der Waals surface area contributed by atoms with Gasteiger partial charge in [-0.1, -0.05) is 43.3 Å². The lowest BCUT2D eigenvalue weighted by Gasteiger charge is -2.53. The number of rotatable bonds is 7. The van der Waals surface area contributed by atoms with Crippen LogP contribution in [0, 0.1) is 11.8 Å². The summed E-state index contributed by atoms with van der Waals surface area (Å²) in [7, 11) is 4.69. The van der Waals surface area contributed by atoms with Crippen molar-refractivity contribution in [1.29, 1.82) is 0 Å². The number of anilines is 1. The maximum Gasteiger partial charge on any atom is 0.255 e. The third kappa shape index (κ3) is 4.88. The Hall–Kier alpha value is -4.56. The van der Waals surface area contributed by atoms with E-state index in [0.29, 0.717) is 12.1 Å². The molecule has 0 saturated heterocycles. The Bertz CT molecular complexity index is 1670. The summed E-state index contributed by atoms with van der Waals surface area (Å²) < 4.78 is 0. The zero-order chi connectivity index (χ0) is 33.1. The zero-order valence-electron chi connectivity index (χ0n) is 25.2. The fourth-order valence-electron chi connectivity index (χ4n) is 7.11. The number of carbonyl (C=O) groups excluding carboxylic acids is 4. The average molecular weight is 621 g/mol. The number of carbonyl (C=O) groups is 4. The number of aliphatic hydroxyl groups is 4. The topological polar surface area (TPSA) is 214 Å². The number of nitrogens with one attached hydrogen (secondary N) is 1. The predicted octanol–water partition coefficient (Wildman–Crippen LogP) is 0.723. The number of aromatic hydroxyl groups is 1. The lowest BCUT2D eigenvalue weighted by molar-refractivity contribution is -0.162. The van der Waals surface area contributed by atoms with E-state index in [-0.39, 0.29) is 17.8 Å². The standard InChI is InChI=1S/C32H36N4O9/c1-14-16-10-11-17(34-18(37)13-36(4)12-15-8-6-5-7-9-15)25(38)20(16)26(39)21-19(14)27(40)23-24(35(2)3)28(41)22(31(33)44)30(43)32(23,45)29(21)42/h5-11,14,19,23-24,27,38,40-42,45H,12-13H2,1-4H3,(H2,33,44)(H,34,37)/t14?,19?,23?,24-,27?,32?/m0/s1. The van der Waals surface area contributed by atoms with Crippen molar-refractivity contribution < 1.29 is 44.7 Å². The Morgan fingerprint density at radius 2 is 1.67 bits per heavy atom. The number of nitrogens with two attached hydrogens (primary N) is 1. The Labute approximate surface area is 258 Å². The number of aliphatic hydroxyl groups excluding tert-OH is 3. The summed E-state index contributed by atoms with van der Waals surface area (Å²) in [5.74, 6) is -10.3. The number of Topliss-reactive ketones (excluding diaryl/α,β-unsaturated/α-hetero) is 2. The number of likely N-dealkylation sites (N-methyl/N-ethyl adjacent to an activating group) is 2. The molecule has 13 nitrogen and oxygen atoms in total. The minimum absolute atomic E-state index is 0.0396. The highest BCUT2D eigenvalue weighted by molar-refractivity contribution is 6.25. The van der Waals surface area contributed by atoms with Crippen LogP contribution in [0.1, 0.15) is 34.3 Å². The summed E-state index contributed by atoms with van der Waals surface area (Å²) in [6.07, 6.45) is -1.69. The van der Waals surface area contributed by atoms with Gasteiger partial charge in [0.25, 0.3) is 5.91 Å². The highest BCUT2D eigenvalue weighted by Crippen LogP contribution is 2.56. The SMILES string of the molecule is CC1c2ccc(NC(=O)CN(C)Cc3ccccc3)c(O)c2C(=O)C2=C(O)C3(O)C(=O)C(C(N)=O)=C(O)[C@@H](N(C)C)C3C(O)C21. The molecule has 238 valence electrons. The number of benzene rings is 2. The molecule has 45 heavy (non-hydrogen) atoms. The van der Waals surface area contributed by atoms with E-state index >= 15 is 0 Å². The third-order valence-corrected chi connectivity index (χ3v) is 9.11. The first-order chi connectivity index (χ1) is 21.1. The van der Waals surface area contributed by atoms with Crippen molar-refractivity contribution in [1.82, 2.24) is 9.80 Å². The van der Waals surface area contributed by atoms with Crippen molar-refractivity contribution in [2.45, 2.75) is 37.1 Å². The van der Waals surface area contributed by atoms with E-state index < -0.39 is 87.3 Å². The van der Waals surface area contributed by atoms with Crippen LogP contribution in [-0.4, -0.2) is 104 Å². The van der Waals surface area contributed by atoms with Crippen LogP contribution < -0.4 is 11.1 Å². The molecule has 2 aromatic carbocycles. The lowest BCUT2D eigenvalue weighted by Crippen LogP contribution is -2.68. The van der Waals surface area contributed by atoms with Crippen molar-refractivity contribution >= 4 is 29.1 Å². The number of ketones is 2. The van der Waals surface area contributed by atoms with Crippen LogP contribution in [0.25, 0.3) is 0 Å². The number of phenolic OH excluding ortho intramolecular Hbond substituents is 1.